The lowest BCUT2D eigenvalue weighted by atomic mass is 10.0. The van der Waals surface area contributed by atoms with Crippen molar-refractivity contribution in [1.29, 1.82) is 0 Å². The molecule has 1 aromatic carbocycles. The lowest BCUT2D eigenvalue weighted by Gasteiger charge is -2.31. The highest BCUT2D eigenvalue weighted by Gasteiger charge is 2.15. The van der Waals surface area contributed by atoms with E-state index in [4.69, 9.17) is 0 Å². The predicted molar refractivity (Wildman–Crippen MR) is 72.8 cm³/mol. The van der Waals surface area contributed by atoms with Crippen LogP contribution in [0.4, 0.5) is 0 Å². The fraction of sp³-hybridized carbons (Fsp3) is 0.600. The van der Waals surface area contributed by atoms with Crippen molar-refractivity contribution in [2.45, 2.75) is 45.6 Å². The van der Waals surface area contributed by atoms with E-state index in [1.165, 1.54) is 43.5 Å². The van der Waals surface area contributed by atoms with Crippen LogP contribution < -0.4 is 5.43 Å². The van der Waals surface area contributed by atoms with E-state index in [1.807, 2.05) is 0 Å². The van der Waals surface area contributed by atoms with Gasteiger partial charge in [-0.25, -0.2) is 10.4 Å². The molecule has 0 amide bonds. The summed E-state index contributed by atoms with van der Waals surface area (Å²) in [4.78, 5) is 0. The normalized spacial score (nSPS) is 19.2. The third-order valence-electron chi connectivity index (χ3n) is 3.58. The minimum atomic E-state index is 0.466. The maximum atomic E-state index is 3.67. The number of nitrogens with zero attached hydrogens (tertiary/aromatic N) is 1. The van der Waals surface area contributed by atoms with Crippen LogP contribution in [0.3, 0.4) is 0 Å². The third kappa shape index (κ3) is 3.55. The van der Waals surface area contributed by atoms with Gasteiger partial charge in [0, 0.05) is 19.1 Å². The summed E-state index contributed by atoms with van der Waals surface area (Å²) >= 11 is 0. The smallest absolute Gasteiger partial charge is 0.0462 e. The van der Waals surface area contributed by atoms with Crippen molar-refractivity contribution in [1.82, 2.24) is 10.4 Å². The van der Waals surface area contributed by atoms with Crippen LogP contribution in [0.5, 0.6) is 0 Å². The van der Waals surface area contributed by atoms with Gasteiger partial charge in [0.25, 0.3) is 0 Å². The van der Waals surface area contributed by atoms with Crippen molar-refractivity contribution in [3.63, 3.8) is 0 Å². The third-order valence-corrected chi connectivity index (χ3v) is 3.58. The number of benzene rings is 1. The number of hydrazine groups is 1. The monoisotopic (exact) mass is 232 g/mol. The van der Waals surface area contributed by atoms with Gasteiger partial charge in [-0.1, -0.05) is 43.2 Å². The Hall–Kier alpha value is -0.860. The minimum Gasteiger partial charge on any atom is -0.248 e. The average molecular weight is 232 g/mol. The second-order valence-corrected chi connectivity index (χ2v) is 5.05. The maximum Gasteiger partial charge on any atom is 0.0462 e. The minimum absolute atomic E-state index is 0.466. The summed E-state index contributed by atoms with van der Waals surface area (Å²) in [5, 5.41) is 2.40. The fourth-order valence-corrected chi connectivity index (χ4v) is 2.44. The van der Waals surface area contributed by atoms with Crippen molar-refractivity contribution in [3.8, 4) is 0 Å². The lowest BCUT2D eigenvalue weighted by Crippen LogP contribution is -2.43. The molecule has 1 unspecified atom stereocenters. The van der Waals surface area contributed by atoms with Gasteiger partial charge in [0.1, 0.15) is 0 Å². The van der Waals surface area contributed by atoms with E-state index in [0.717, 1.165) is 6.42 Å². The van der Waals surface area contributed by atoms with Crippen LogP contribution in [0.2, 0.25) is 0 Å². The highest BCUT2D eigenvalue weighted by molar-refractivity contribution is 5.23. The number of hydrogen-bond acceptors (Lipinski definition) is 2. The summed E-state index contributed by atoms with van der Waals surface area (Å²) in [6.45, 7) is 6.79. The van der Waals surface area contributed by atoms with E-state index in [0.29, 0.717) is 6.04 Å². The van der Waals surface area contributed by atoms with Crippen molar-refractivity contribution in [2.75, 3.05) is 13.1 Å². The first kappa shape index (κ1) is 12.6. The molecule has 1 aliphatic heterocycles. The number of aryl methyl sites for hydroxylation is 1. The maximum absolute atomic E-state index is 3.67. The van der Waals surface area contributed by atoms with Gasteiger partial charge in [-0.3, -0.25) is 0 Å². The summed E-state index contributed by atoms with van der Waals surface area (Å²) in [6.07, 6.45) is 5.19. The van der Waals surface area contributed by atoms with Crippen LogP contribution in [0.25, 0.3) is 0 Å². The van der Waals surface area contributed by atoms with E-state index in [-0.39, 0.29) is 0 Å². The van der Waals surface area contributed by atoms with Crippen molar-refractivity contribution < 1.29 is 0 Å². The molecule has 2 rings (SSSR count). The Bertz CT molecular complexity index is 325. The molecular formula is C15H24N2. The van der Waals surface area contributed by atoms with Crippen LogP contribution in [0, 0.1) is 6.92 Å². The molecule has 1 aliphatic rings. The molecule has 1 fully saturated rings. The summed E-state index contributed by atoms with van der Waals surface area (Å²) in [7, 11) is 0. The molecule has 0 spiro atoms. The average Bonchev–Trinajstić information content (AvgIpc) is 2.38. The van der Waals surface area contributed by atoms with E-state index in [9.17, 15) is 0 Å². The van der Waals surface area contributed by atoms with E-state index < -0.39 is 0 Å². The summed E-state index contributed by atoms with van der Waals surface area (Å²) in [5.74, 6) is 0. The molecule has 1 N–H and O–H groups in total. The van der Waals surface area contributed by atoms with Gasteiger partial charge in [0.15, 0.2) is 0 Å². The Labute approximate surface area is 105 Å². The largest absolute Gasteiger partial charge is 0.248 e. The van der Waals surface area contributed by atoms with E-state index >= 15 is 0 Å². The van der Waals surface area contributed by atoms with Crippen LogP contribution in [-0.2, 0) is 0 Å². The lowest BCUT2D eigenvalue weighted by molar-refractivity contribution is 0.126. The van der Waals surface area contributed by atoms with Gasteiger partial charge >= 0.3 is 0 Å². The standard InChI is InChI=1S/C15H24N2/c1-3-15(14-9-7-13(2)8-10-14)16-17-11-5-4-6-12-17/h7-10,15-16H,3-6,11-12H2,1-2H3. The van der Waals surface area contributed by atoms with Crippen LogP contribution >= 0.6 is 0 Å². The summed E-state index contributed by atoms with van der Waals surface area (Å²) in [5.41, 5.74) is 6.42. The molecule has 0 aromatic heterocycles. The Morgan fingerprint density at radius 2 is 1.76 bits per heavy atom. The summed E-state index contributed by atoms with van der Waals surface area (Å²) < 4.78 is 0. The van der Waals surface area contributed by atoms with E-state index in [2.05, 4.69) is 48.5 Å². The molecule has 94 valence electrons. The molecule has 17 heavy (non-hydrogen) atoms. The van der Waals surface area contributed by atoms with Gasteiger partial charge in [0.05, 0.1) is 0 Å². The first-order chi connectivity index (χ1) is 8.29. The quantitative estimate of drug-likeness (QED) is 0.855. The molecule has 2 heteroatoms. The van der Waals surface area contributed by atoms with Crippen molar-refractivity contribution in [3.05, 3.63) is 35.4 Å². The van der Waals surface area contributed by atoms with Gasteiger partial charge in [0.2, 0.25) is 0 Å². The van der Waals surface area contributed by atoms with Gasteiger partial charge < -0.3 is 0 Å². The molecule has 0 radical (unpaired) electrons. The highest BCUT2D eigenvalue weighted by Crippen LogP contribution is 2.19. The zero-order chi connectivity index (χ0) is 12.1. The van der Waals surface area contributed by atoms with Gasteiger partial charge in [-0.2, -0.15) is 0 Å². The van der Waals surface area contributed by atoms with Gasteiger partial charge in [-0.15, -0.1) is 0 Å². The topological polar surface area (TPSA) is 15.3 Å². The first-order valence-electron chi connectivity index (χ1n) is 6.87. The molecule has 1 aromatic rings. The molecule has 0 aliphatic carbocycles. The molecule has 1 atom stereocenters. The van der Waals surface area contributed by atoms with Gasteiger partial charge in [-0.05, 0) is 31.7 Å². The number of hydrogen-bond donors (Lipinski definition) is 1. The van der Waals surface area contributed by atoms with Crippen LogP contribution in [0.15, 0.2) is 24.3 Å². The fourth-order valence-electron chi connectivity index (χ4n) is 2.44. The highest BCUT2D eigenvalue weighted by atomic mass is 15.5. The molecular weight excluding hydrogens is 208 g/mol. The zero-order valence-corrected chi connectivity index (χ0v) is 11.1. The first-order valence-corrected chi connectivity index (χ1v) is 6.87. The molecule has 1 heterocycles. The Morgan fingerprint density at radius 1 is 1.12 bits per heavy atom. The second kappa shape index (κ2) is 6.18. The second-order valence-electron chi connectivity index (χ2n) is 5.05. The van der Waals surface area contributed by atoms with E-state index in [1.54, 1.807) is 0 Å². The predicted octanol–water partition coefficient (Wildman–Crippen LogP) is 3.44. The summed E-state index contributed by atoms with van der Waals surface area (Å²) in [6, 6.07) is 9.38. The number of rotatable bonds is 4. The molecule has 0 saturated carbocycles. The molecule has 2 nitrogen and oxygen atoms in total. The molecule has 1 saturated heterocycles. The number of piperidine rings is 1. The van der Waals surface area contributed by atoms with Crippen LogP contribution in [0.1, 0.15) is 49.8 Å². The van der Waals surface area contributed by atoms with Crippen molar-refractivity contribution >= 4 is 0 Å². The Kier molecular flexibility index (Phi) is 4.57. The zero-order valence-electron chi connectivity index (χ0n) is 11.1. The van der Waals surface area contributed by atoms with Crippen molar-refractivity contribution in [2.24, 2.45) is 0 Å². The Balaban J connectivity index is 1.97. The van der Waals surface area contributed by atoms with Crippen LogP contribution in [-0.4, -0.2) is 18.1 Å². The Morgan fingerprint density at radius 3 is 2.35 bits per heavy atom. The SMILES string of the molecule is CCC(NN1CCCCC1)c1ccc(C)cc1. The molecule has 0 bridgehead atoms. The number of nitrogens with one attached hydrogen (secondary N) is 1.